The zero-order valence-corrected chi connectivity index (χ0v) is 13.9. The van der Waals surface area contributed by atoms with Crippen LogP contribution in [0.25, 0.3) is 0 Å². The van der Waals surface area contributed by atoms with Crippen molar-refractivity contribution in [3.63, 3.8) is 0 Å². The van der Waals surface area contributed by atoms with Gasteiger partial charge >= 0.3 is 0 Å². The van der Waals surface area contributed by atoms with Crippen molar-refractivity contribution in [2.45, 2.75) is 46.1 Å². The summed E-state index contributed by atoms with van der Waals surface area (Å²) in [6, 6.07) is 0.394. The van der Waals surface area contributed by atoms with Crippen LogP contribution in [0.5, 0.6) is 0 Å². The van der Waals surface area contributed by atoms with Crippen LogP contribution in [0, 0.1) is 17.3 Å². The summed E-state index contributed by atoms with van der Waals surface area (Å²) in [5, 5.41) is 0. The van der Waals surface area contributed by atoms with E-state index in [2.05, 4.69) is 51.7 Å². The van der Waals surface area contributed by atoms with E-state index in [9.17, 15) is 0 Å². The van der Waals surface area contributed by atoms with Crippen LogP contribution < -0.4 is 5.73 Å². The van der Waals surface area contributed by atoms with Gasteiger partial charge in [-0.25, -0.2) is 0 Å². The number of hydrogen-bond acceptors (Lipinski definition) is 3. The van der Waals surface area contributed by atoms with Crippen LogP contribution in [0.15, 0.2) is 0 Å². The molecule has 0 aromatic rings. The molecule has 114 valence electrons. The minimum atomic E-state index is 0.369. The van der Waals surface area contributed by atoms with E-state index < -0.39 is 0 Å². The first-order chi connectivity index (χ1) is 8.75. The third-order valence-corrected chi connectivity index (χ3v) is 5.39. The number of nitrogens with zero attached hydrogens (tertiary/aromatic N) is 2. The molecule has 0 bridgehead atoms. The van der Waals surface area contributed by atoms with Crippen molar-refractivity contribution in [2.24, 2.45) is 23.0 Å². The van der Waals surface area contributed by atoms with Crippen molar-refractivity contribution in [3.05, 3.63) is 0 Å². The van der Waals surface area contributed by atoms with E-state index >= 15 is 0 Å². The van der Waals surface area contributed by atoms with E-state index in [4.69, 9.17) is 5.73 Å². The fourth-order valence-corrected chi connectivity index (χ4v) is 3.39. The molecule has 3 unspecified atom stereocenters. The molecular weight excluding hydrogens is 234 g/mol. The van der Waals surface area contributed by atoms with Gasteiger partial charge < -0.3 is 15.5 Å². The Morgan fingerprint density at radius 3 is 2.32 bits per heavy atom. The van der Waals surface area contributed by atoms with Gasteiger partial charge in [0.25, 0.3) is 0 Å². The zero-order chi connectivity index (χ0) is 14.6. The lowest BCUT2D eigenvalue weighted by atomic mass is 9.61. The summed E-state index contributed by atoms with van der Waals surface area (Å²) in [5.41, 5.74) is 6.61. The molecule has 1 rings (SSSR count). The van der Waals surface area contributed by atoms with Crippen molar-refractivity contribution in [1.82, 2.24) is 9.80 Å². The molecule has 1 fully saturated rings. The molecule has 0 heterocycles. The van der Waals surface area contributed by atoms with E-state index in [0.29, 0.717) is 17.4 Å². The number of hydrogen-bond donors (Lipinski definition) is 1. The first-order valence-corrected chi connectivity index (χ1v) is 7.84. The van der Waals surface area contributed by atoms with Crippen molar-refractivity contribution < 1.29 is 0 Å². The van der Waals surface area contributed by atoms with Crippen LogP contribution in [0.1, 0.15) is 40.0 Å². The van der Waals surface area contributed by atoms with Crippen LogP contribution in [0.4, 0.5) is 0 Å². The first-order valence-electron chi connectivity index (χ1n) is 7.84. The lowest BCUT2D eigenvalue weighted by molar-refractivity contribution is 0.0333. The molecule has 0 spiro atoms. The van der Waals surface area contributed by atoms with E-state index in [1.54, 1.807) is 0 Å². The predicted molar refractivity (Wildman–Crippen MR) is 84.3 cm³/mol. The van der Waals surface area contributed by atoms with Gasteiger partial charge in [0, 0.05) is 12.6 Å². The molecule has 3 heteroatoms. The standard InChI is InChI=1S/C16H35N3/c1-13-15(17)9-8-14(16(13,2)3)12-19(6)11-7-10-18(4)5/h13-15H,7-12,17H2,1-6H3. The zero-order valence-electron chi connectivity index (χ0n) is 13.9. The van der Waals surface area contributed by atoms with Crippen LogP contribution in [-0.2, 0) is 0 Å². The molecule has 0 aromatic carbocycles. The molecule has 1 saturated carbocycles. The minimum absolute atomic E-state index is 0.369. The van der Waals surface area contributed by atoms with E-state index in [1.807, 2.05) is 0 Å². The van der Waals surface area contributed by atoms with Gasteiger partial charge in [0.1, 0.15) is 0 Å². The fourth-order valence-electron chi connectivity index (χ4n) is 3.39. The number of nitrogens with two attached hydrogens (primary N) is 1. The Hall–Kier alpha value is -0.120. The Bertz CT molecular complexity index is 263. The van der Waals surface area contributed by atoms with Crippen molar-refractivity contribution in [3.8, 4) is 0 Å². The third kappa shape index (κ3) is 4.73. The monoisotopic (exact) mass is 269 g/mol. The summed E-state index contributed by atoms with van der Waals surface area (Å²) in [6.07, 6.45) is 3.74. The van der Waals surface area contributed by atoms with Crippen molar-refractivity contribution >= 4 is 0 Å². The van der Waals surface area contributed by atoms with E-state index in [0.717, 1.165) is 5.92 Å². The SMILES string of the molecule is CC1C(N)CCC(CN(C)CCCN(C)C)C1(C)C. The summed E-state index contributed by atoms with van der Waals surface area (Å²) < 4.78 is 0. The van der Waals surface area contributed by atoms with Gasteiger partial charge in [-0.1, -0.05) is 20.8 Å². The van der Waals surface area contributed by atoms with Gasteiger partial charge in [-0.05, 0) is 70.7 Å². The van der Waals surface area contributed by atoms with Gasteiger partial charge in [-0.3, -0.25) is 0 Å². The molecule has 0 amide bonds. The van der Waals surface area contributed by atoms with Gasteiger partial charge in [0.05, 0.1) is 0 Å². The normalized spacial score (nSPS) is 31.1. The van der Waals surface area contributed by atoms with Crippen LogP contribution in [-0.4, -0.2) is 56.6 Å². The molecule has 3 nitrogen and oxygen atoms in total. The molecule has 0 aliphatic heterocycles. The Kier molecular flexibility index (Phi) is 6.28. The highest BCUT2D eigenvalue weighted by molar-refractivity contribution is 4.94. The molecule has 0 aromatic heterocycles. The highest BCUT2D eigenvalue weighted by Crippen LogP contribution is 2.44. The minimum Gasteiger partial charge on any atom is -0.327 e. The maximum atomic E-state index is 6.24. The van der Waals surface area contributed by atoms with Crippen molar-refractivity contribution in [2.75, 3.05) is 40.8 Å². The lowest BCUT2D eigenvalue weighted by Crippen LogP contribution is -2.49. The Morgan fingerprint density at radius 1 is 1.11 bits per heavy atom. The van der Waals surface area contributed by atoms with Gasteiger partial charge in [0.15, 0.2) is 0 Å². The van der Waals surface area contributed by atoms with Gasteiger partial charge in [-0.2, -0.15) is 0 Å². The average Bonchev–Trinajstić information content (AvgIpc) is 2.30. The van der Waals surface area contributed by atoms with E-state index in [-0.39, 0.29) is 0 Å². The Labute approximate surface area is 120 Å². The molecule has 1 aliphatic rings. The molecule has 19 heavy (non-hydrogen) atoms. The summed E-state index contributed by atoms with van der Waals surface area (Å²) in [4.78, 5) is 4.78. The van der Waals surface area contributed by atoms with Crippen LogP contribution in [0.2, 0.25) is 0 Å². The van der Waals surface area contributed by atoms with Gasteiger partial charge in [0.2, 0.25) is 0 Å². The topological polar surface area (TPSA) is 32.5 Å². The fraction of sp³-hybridized carbons (Fsp3) is 1.00. The van der Waals surface area contributed by atoms with Crippen LogP contribution in [0.3, 0.4) is 0 Å². The molecule has 0 saturated heterocycles. The Balaban J connectivity index is 2.43. The maximum absolute atomic E-state index is 6.24. The highest BCUT2D eigenvalue weighted by atomic mass is 15.1. The molecule has 2 N–H and O–H groups in total. The summed E-state index contributed by atoms with van der Waals surface area (Å²) in [7, 11) is 6.56. The van der Waals surface area contributed by atoms with Crippen molar-refractivity contribution in [1.29, 1.82) is 0 Å². The van der Waals surface area contributed by atoms with Crippen LogP contribution >= 0.6 is 0 Å². The average molecular weight is 269 g/mol. The quantitative estimate of drug-likeness (QED) is 0.803. The van der Waals surface area contributed by atoms with E-state index in [1.165, 1.54) is 38.9 Å². The third-order valence-electron chi connectivity index (χ3n) is 5.39. The summed E-state index contributed by atoms with van der Waals surface area (Å²) in [6.45, 7) is 10.8. The number of rotatable bonds is 6. The summed E-state index contributed by atoms with van der Waals surface area (Å²) in [5.74, 6) is 1.41. The second-order valence-corrected chi connectivity index (χ2v) is 7.47. The molecular formula is C16H35N3. The highest BCUT2D eigenvalue weighted by Gasteiger charge is 2.41. The molecule has 1 aliphatic carbocycles. The molecule has 3 atom stereocenters. The predicted octanol–water partition coefficient (Wildman–Crippen LogP) is 2.27. The maximum Gasteiger partial charge on any atom is 0.00698 e. The van der Waals surface area contributed by atoms with Gasteiger partial charge in [-0.15, -0.1) is 0 Å². The molecule has 0 radical (unpaired) electrons. The summed E-state index contributed by atoms with van der Waals surface area (Å²) >= 11 is 0. The second kappa shape index (κ2) is 7.05. The lowest BCUT2D eigenvalue weighted by Gasteiger charge is -2.48. The second-order valence-electron chi connectivity index (χ2n) is 7.47. The largest absolute Gasteiger partial charge is 0.327 e. The first kappa shape index (κ1) is 16.9. The smallest absolute Gasteiger partial charge is 0.00698 e. The Morgan fingerprint density at radius 2 is 1.74 bits per heavy atom.